The predicted molar refractivity (Wildman–Crippen MR) is 50.8 cm³/mol. The van der Waals surface area contributed by atoms with Gasteiger partial charge in [0.15, 0.2) is 0 Å². The van der Waals surface area contributed by atoms with Crippen molar-refractivity contribution in [3.05, 3.63) is 23.8 Å². The van der Waals surface area contributed by atoms with E-state index in [1.54, 1.807) is 0 Å². The van der Waals surface area contributed by atoms with Crippen LogP contribution in [-0.2, 0) is 14.8 Å². The third kappa shape index (κ3) is 2.45. The summed E-state index contributed by atoms with van der Waals surface area (Å²) in [5, 5.41) is 14.0. The van der Waals surface area contributed by atoms with Gasteiger partial charge >= 0.3 is 5.97 Å². The van der Waals surface area contributed by atoms with Gasteiger partial charge in [0.25, 0.3) is 0 Å². The van der Waals surface area contributed by atoms with Crippen molar-refractivity contribution >= 4 is 16.0 Å². The van der Waals surface area contributed by atoms with Gasteiger partial charge < -0.3 is 9.84 Å². The summed E-state index contributed by atoms with van der Waals surface area (Å²) in [5.74, 6) is -1.13. The molecular weight excluding hydrogens is 222 g/mol. The number of hydrogen-bond acceptors (Lipinski definition) is 5. The zero-order chi connectivity index (χ0) is 11.6. The highest BCUT2D eigenvalue weighted by molar-refractivity contribution is 7.89. The van der Waals surface area contributed by atoms with E-state index < -0.39 is 20.9 Å². The number of primary sulfonamides is 1. The highest BCUT2D eigenvalue weighted by Gasteiger charge is 2.20. The van der Waals surface area contributed by atoms with Crippen molar-refractivity contribution < 1.29 is 23.1 Å². The van der Waals surface area contributed by atoms with Gasteiger partial charge in [-0.25, -0.2) is 18.4 Å². The number of methoxy groups -OCH3 is 1. The standard InChI is InChI=1S/C8H9NO5S/c1-14-8(11)6-3-2-5(10)4-7(6)15(9,12)13/h2-4,10H,1H3,(H2,9,12,13). The third-order valence-corrected chi connectivity index (χ3v) is 2.63. The molecule has 0 aliphatic heterocycles. The number of benzene rings is 1. The van der Waals surface area contributed by atoms with Gasteiger partial charge in [0, 0.05) is 6.07 Å². The maximum absolute atomic E-state index is 11.2. The number of hydrogen-bond donors (Lipinski definition) is 2. The number of phenols is 1. The number of ether oxygens (including phenoxy) is 1. The van der Waals surface area contributed by atoms with E-state index in [-0.39, 0.29) is 11.3 Å². The Kier molecular flexibility index (Phi) is 2.96. The molecule has 0 aliphatic carbocycles. The molecule has 0 saturated heterocycles. The summed E-state index contributed by atoms with van der Waals surface area (Å²) in [6.45, 7) is 0. The minimum Gasteiger partial charge on any atom is -0.508 e. The molecule has 1 rings (SSSR count). The largest absolute Gasteiger partial charge is 0.508 e. The Hall–Kier alpha value is -1.60. The van der Waals surface area contributed by atoms with Gasteiger partial charge in [-0.1, -0.05) is 0 Å². The SMILES string of the molecule is COC(=O)c1ccc(O)cc1S(N)(=O)=O. The molecule has 0 radical (unpaired) electrons. The quantitative estimate of drug-likeness (QED) is 0.687. The number of rotatable bonds is 2. The van der Waals surface area contributed by atoms with E-state index in [2.05, 4.69) is 4.74 Å². The zero-order valence-electron chi connectivity index (χ0n) is 7.80. The van der Waals surface area contributed by atoms with Crippen molar-refractivity contribution in [2.45, 2.75) is 4.90 Å². The van der Waals surface area contributed by atoms with Gasteiger partial charge in [0.1, 0.15) is 5.75 Å². The lowest BCUT2D eigenvalue weighted by molar-refractivity contribution is 0.0596. The van der Waals surface area contributed by atoms with Crippen molar-refractivity contribution in [3.63, 3.8) is 0 Å². The highest BCUT2D eigenvalue weighted by Crippen LogP contribution is 2.20. The first kappa shape index (κ1) is 11.5. The van der Waals surface area contributed by atoms with Crippen LogP contribution in [0.5, 0.6) is 5.75 Å². The van der Waals surface area contributed by atoms with Crippen LogP contribution >= 0.6 is 0 Å². The fraction of sp³-hybridized carbons (Fsp3) is 0.125. The number of phenolic OH excluding ortho intramolecular Hbond substituents is 1. The van der Waals surface area contributed by atoms with Crippen LogP contribution < -0.4 is 5.14 Å². The molecule has 7 heteroatoms. The first-order valence-electron chi connectivity index (χ1n) is 3.80. The van der Waals surface area contributed by atoms with Crippen LogP contribution in [0.3, 0.4) is 0 Å². The summed E-state index contributed by atoms with van der Waals surface area (Å²) >= 11 is 0. The van der Waals surface area contributed by atoms with Gasteiger partial charge in [0.05, 0.1) is 17.6 Å². The number of carbonyl (C=O) groups excluding carboxylic acids is 1. The molecule has 82 valence electrons. The smallest absolute Gasteiger partial charge is 0.339 e. The van der Waals surface area contributed by atoms with Crippen molar-refractivity contribution in [1.29, 1.82) is 0 Å². The van der Waals surface area contributed by atoms with Crippen LogP contribution in [0.15, 0.2) is 23.1 Å². The van der Waals surface area contributed by atoms with Crippen LogP contribution in [0.25, 0.3) is 0 Å². The van der Waals surface area contributed by atoms with Crippen molar-refractivity contribution in [1.82, 2.24) is 0 Å². The van der Waals surface area contributed by atoms with Gasteiger partial charge in [-0.2, -0.15) is 0 Å². The number of esters is 1. The fourth-order valence-electron chi connectivity index (χ4n) is 1.03. The molecule has 0 spiro atoms. The lowest BCUT2D eigenvalue weighted by atomic mass is 10.2. The Labute approximate surface area is 86.3 Å². The Morgan fingerprint density at radius 1 is 1.47 bits per heavy atom. The van der Waals surface area contributed by atoms with Gasteiger partial charge in [-0.05, 0) is 12.1 Å². The van der Waals surface area contributed by atoms with Crippen LogP contribution in [0.1, 0.15) is 10.4 Å². The monoisotopic (exact) mass is 231 g/mol. The minimum absolute atomic E-state index is 0.210. The Bertz CT molecular complexity index is 494. The van der Waals surface area contributed by atoms with Gasteiger partial charge in [0.2, 0.25) is 10.0 Å². The maximum atomic E-state index is 11.2. The molecule has 1 aromatic carbocycles. The first-order chi connectivity index (χ1) is 6.86. The lowest BCUT2D eigenvalue weighted by Gasteiger charge is -2.05. The molecule has 0 atom stereocenters. The molecule has 3 N–H and O–H groups in total. The van der Waals surface area contributed by atoms with E-state index in [4.69, 9.17) is 10.2 Å². The molecule has 15 heavy (non-hydrogen) atoms. The minimum atomic E-state index is -4.07. The summed E-state index contributed by atoms with van der Waals surface area (Å²) in [7, 11) is -2.96. The predicted octanol–water partition coefficient (Wildman–Crippen LogP) is -0.174. The Morgan fingerprint density at radius 3 is 2.53 bits per heavy atom. The van der Waals surface area contributed by atoms with Crippen LogP contribution in [-0.4, -0.2) is 26.6 Å². The van der Waals surface area contributed by atoms with Crippen LogP contribution in [0, 0.1) is 0 Å². The summed E-state index contributed by atoms with van der Waals surface area (Å²) < 4.78 is 26.5. The number of carbonyl (C=O) groups is 1. The van der Waals surface area contributed by atoms with Crippen molar-refractivity contribution in [2.75, 3.05) is 7.11 Å². The second-order valence-electron chi connectivity index (χ2n) is 2.72. The van der Waals surface area contributed by atoms with Gasteiger partial charge in [-0.15, -0.1) is 0 Å². The van der Waals surface area contributed by atoms with E-state index in [0.717, 1.165) is 19.2 Å². The summed E-state index contributed by atoms with van der Waals surface area (Å²) in [6, 6.07) is 3.18. The van der Waals surface area contributed by atoms with Gasteiger partial charge in [-0.3, -0.25) is 0 Å². The summed E-state index contributed by atoms with van der Waals surface area (Å²) in [6.07, 6.45) is 0. The highest BCUT2D eigenvalue weighted by atomic mass is 32.2. The topological polar surface area (TPSA) is 107 Å². The molecular formula is C8H9NO5S. The molecule has 0 aliphatic rings. The van der Waals surface area contributed by atoms with Crippen molar-refractivity contribution in [3.8, 4) is 5.75 Å². The zero-order valence-corrected chi connectivity index (χ0v) is 8.61. The van der Waals surface area contributed by atoms with E-state index >= 15 is 0 Å². The number of aromatic hydroxyl groups is 1. The molecule has 6 nitrogen and oxygen atoms in total. The molecule has 0 unspecified atom stereocenters. The normalized spacial score (nSPS) is 11.1. The number of sulfonamides is 1. The summed E-state index contributed by atoms with van der Waals surface area (Å²) in [4.78, 5) is 10.7. The molecule has 0 saturated carbocycles. The Morgan fingerprint density at radius 2 is 2.07 bits per heavy atom. The Balaban J connectivity index is 3.47. The second-order valence-corrected chi connectivity index (χ2v) is 4.25. The van der Waals surface area contributed by atoms with E-state index in [0.29, 0.717) is 0 Å². The van der Waals surface area contributed by atoms with Crippen molar-refractivity contribution in [2.24, 2.45) is 5.14 Å². The lowest BCUT2D eigenvalue weighted by Crippen LogP contribution is -2.17. The maximum Gasteiger partial charge on any atom is 0.339 e. The number of nitrogens with two attached hydrogens (primary N) is 1. The van der Waals surface area contributed by atoms with Crippen LogP contribution in [0.4, 0.5) is 0 Å². The molecule has 0 amide bonds. The van der Waals surface area contributed by atoms with E-state index in [9.17, 15) is 13.2 Å². The summed E-state index contributed by atoms with van der Waals surface area (Å²) in [5.41, 5.74) is -0.210. The molecule has 0 heterocycles. The average Bonchev–Trinajstić information content (AvgIpc) is 2.15. The fourth-order valence-corrected chi connectivity index (χ4v) is 1.77. The average molecular weight is 231 g/mol. The molecule has 0 fully saturated rings. The molecule has 0 aromatic heterocycles. The first-order valence-corrected chi connectivity index (χ1v) is 5.35. The van der Waals surface area contributed by atoms with Crippen LogP contribution in [0.2, 0.25) is 0 Å². The second kappa shape index (κ2) is 3.87. The molecule has 1 aromatic rings. The van der Waals surface area contributed by atoms with E-state index in [1.165, 1.54) is 6.07 Å². The third-order valence-electron chi connectivity index (χ3n) is 1.68. The molecule has 0 bridgehead atoms. The van der Waals surface area contributed by atoms with E-state index in [1.807, 2.05) is 0 Å².